The van der Waals surface area contributed by atoms with E-state index in [-0.39, 0.29) is 0 Å². The molecule has 0 atom stereocenters. The molecule has 0 spiro atoms. The largest absolute Gasteiger partial charge is 0.752 e. The molecule has 0 radical (unpaired) electrons. The van der Waals surface area contributed by atoms with Crippen molar-refractivity contribution in [1.29, 1.82) is 0 Å². The average molecular weight is 287 g/mol. The highest BCUT2D eigenvalue weighted by atomic mass is 35.6. The van der Waals surface area contributed by atoms with E-state index in [4.69, 9.17) is 28.6 Å². The van der Waals surface area contributed by atoms with Gasteiger partial charge in [-0.1, -0.05) is 23.1 Å². The number of rotatable bonds is 6. The Bertz CT molecular complexity index is 125. The zero-order chi connectivity index (χ0) is 10.4. The van der Waals surface area contributed by atoms with Crippen LogP contribution in [0.5, 0.6) is 0 Å². The molecule has 0 aromatic carbocycles. The molecule has 0 amide bonds. The summed E-state index contributed by atoms with van der Waals surface area (Å²) in [5, 5.41) is 0. The standard InChI is InChI=1S/4CH3.4Al.2ClH.3O/h4*1H3;;;;;2*1H;;;/q;;;;;;2*+1;;;;;/p-2. The third kappa shape index (κ3) is 10.9. The van der Waals surface area contributed by atoms with E-state index in [0.29, 0.717) is 0 Å². The highest BCUT2D eigenvalue weighted by molar-refractivity contribution is 7.06. The quantitative estimate of drug-likeness (QED) is 0.699. The van der Waals surface area contributed by atoms with E-state index in [0.717, 1.165) is 0 Å². The first-order valence-electron chi connectivity index (χ1n) is 4.16. The summed E-state index contributed by atoms with van der Waals surface area (Å²) < 4.78 is 16.3. The summed E-state index contributed by atoms with van der Waals surface area (Å²) in [6.45, 7) is 0. The van der Waals surface area contributed by atoms with Crippen molar-refractivity contribution in [2.75, 3.05) is 0 Å². The van der Waals surface area contributed by atoms with Crippen molar-refractivity contribution in [1.82, 2.24) is 0 Å². The van der Waals surface area contributed by atoms with Crippen LogP contribution in [-0.2, 0) is 8.52 Å². The predicted molar refractivity (Wildman–Crippen MR) is 61.4 cm³/mol. The first-order chi connectivity index (χ1) is 5.91. The van der Waals surface area contributed by atoms with E-state index in [9.17, 15) is 0 Å². The molecule has 9 heteroatoms. The molecule has 0 saturated heterocycles. The molecule has 13 heavy (non-hydrogen) atoms. The van der Waals surface area contributed by atoms with Gasteiger partial charge in [0, 0.05) is 0 Å². The zero-order valence-corrected chi connectivity index (χ0v) is 14.4. The fraction of sp³-hybridized carbons (Fsp3) is 1.00. The van der Waals surface area contributed by atoms with Crippen molar-refractivity contribution < 1.29 is 8.52 Å². The van der Waals surface area contributed by atoms with Crippen molar-refractivity contribution in [3.8, 4) is 0 Å². The van der Waals surface area contributed by atoms with Crippen LogP contribution in [0.25, 0.3) is 0 Å². The van der Waals surface area contributed by atoms with Gasteiger partial charge in [0.2, 0.25) is 0 Å². The van der Waals surface area contributed by atoms with Gasteiger partial charge in [-0.2, -0.15) is 10.0 Å². The van der Waals surface area contributed by atoms with Crippen LogP contribution in [0.4, 0.5) is 0 Å². The van der Waals surface area contributed by atoms with Crippen molar-refractivity contribution >= 4 is 76.9 Å². The molecule has 0 aliphatic carbocycles. The van der Waals surface area contributed by atoms with Crippen LogP contribution in [0.2, 0.25) is 23.1 Å². The van der Waals surface area contributed by atoms with Gasteiger partial charge < -0.3 is 8.52 Å². The lowest BCUT2D eigenvalue weighted by atomic mass is 11.9. The summed E-state index contributed by atoms with van der Waals surface area (Å²) in [5.41, 5.74) is 0. The molecule has 0 N–H and O–H groups in total. The number of hydrogen-bond acceptors (Lipinski definition) is 3. The van der Waals surface area contributed by atoms with E-state index in [2.05, 4.69) is 11.6 Å². The van der Waals surface area contributed by atoms with Gasteiger partial charge in [-0.15, -0.1) is 0 Å². The number of halogens is 2. The maximum Gasteiger partial charge on any atom is 0.752 e. The molecule has 0 aliphatic rings. The summed E-state index contributed by atoms with van der Waals surface area (Å²) in [7, 11) is 11.7. The number of hydrogen-bond donors (Lipinski definition) is 0. The van der Waals surface area contributed by atoms with Crippen molar-refractivity contribution in [2.24, 2.45) is 0 Å². The summed E-state index contributed by atoms with van der Waals surface area (Å²) >= 11 is -6.13. The van der Waals surface area contributed by atoms with Gasteiger partial charge in [-0.3, -0.25) is 0 Å². The second kappa shape index (κ2) is 8.71. The summed E-state index contributed by atoms with van der Waals surface area (Å²) in [5.74, 6) is 7.96. The van der Waals surface area contributed by atoms with Gasteiger partial charge in [-0.25, -0.2) is 10.0 Å². The van der Waals surface area contributed by atoms with Crippen LogP contribution < -0.4 is 0 Å². The Morgan fingerprint density at radius 2 is 1.38 bits per heavy atom. The molecule has 0 rings (SSSR count). The first kappa shape index (κ1) is 15.6. The Morgan fingerprint density at radius 3 is 1.77 bits per heavy atom. The highest BCUT2D eigenvalue weighted by Crippen LogP contribution is 2.03. The Morgan fingerprint density at radius 1 is 0.846 bits per heavy atom. The monoisotopic (exact) mass is 286 g/mol. The second-order valence-electron chi connectivity index (χ2n) is 2.84. The normalized spacial score (nSPS) is 9.69. The molecule has 0 saturated carbocycles. The van der Waals surface area contributed by atoms with Crippen LogP contribution in [-0.4, -0.2) is 56.8 Å². The minimum Gasteiger partial charge on any atom is -0.604 e. The Labute approximate surface area is 107 Å². The lowest BCUT2D eigenvalue weighted by molar-refractivity contribution is 0.400. The molecule has 0 aromatic rings. The molecule has 0 bridgehead atoms. The third-order valence-electron chi connectivity index (χ3n) is 1.06. The van der Waals surface area contributed by atoms with Gasteiger partial charge in [0.05, 0.1) is 0 Å². The van der Waals surface area contributed by atoms with Crippen LogP contribution in [0.1, 0.15) is 0 Å². The third-order valence-corrected chi connectivity index (χ3v) is 12.3. The SMILES string of the molecule is [CH3][Al]([CH3])[O][Al]([Cl])[O][Al]([CH3])[O][Al]([CH3])[Cl]. The second-order valence-corrected chi connectivity index (χ2v) is 13.9. The van der Waals surface area contributed by atoms with Crippen LogP contribution in [0.3, 0.4) is 0 Å². The van der Waals surface area contributed by atoms with Gasteiger partial charge in [0.15, 0.2) is 0 Å². The Kier molecular flexibility index (Phi) is 10.4. The fourth-order valence-electron chi connectivity index (χ4n) is 0.693. The predicted octanol–water partition coefficient (Wildman–Crippen LogP) is 1.99. The summed E-state index contributed by atoms with van der Waals surface area (Å²) in [4.78, 5) is 0. The van der Waals surface area contributed by atoms with Gasteiger partial charge in [0.1, 0.15) is 0 Å². The molecule has 0 fully saturated rings. The fourth-order valence-corrected chi connectivity index (χ4v) is 11.8. The average Bonchev–Trinajstić information content (AvgIpc) is 1.80. The molecule has 0 aromatic heterocycles. The van der Waals surface area contributed by atoms with E-state index < -0.39 is 56.8 Å². The van der Waals surface area contributed by atoms with Gasteiger partial charge in [0.25, 0.3) is 0 Å². The van der Waals surface area contributed by atoms with E-state index >= 15 is 0 Å². The minimum absolute atomic E-state index is 1.07. The van der Waals surface area contributed by atoms with Gasteiger partial charge >= 0.3 is 56.8 Å². The van der Waals surface area contributed by atoms with Crippen LogP contribution >= 0.6 is 20.1 Å². The minimum atomic E-state index is -1.94. The molecule has 0 heterocycles. The molecular formula is C4H12Al4Cl2O3. The lowest BCUT2D eigenvalue weighted by Crippen LogP contribution is -2.33. The van der Waals surface area contributed by atoms with Gasteiger partial charge in [-0.05, 0) is 0 Å². The maximum atomic E-state index is 5.91. The molecular weight excluding hydrogens is 275 g/mol. The maximum absolute atomic E-state index is 5.91. The zero-order valence-electron chi connectivity index (χ0n) is 8.29. The molecule has 0 unspecified atom stereocenters. The van der Waals surface area contributed by atoms with E-state index in [1.807, 2.05) is 11.6 Å². The summed E-state index contributed by atoms with van der Waals surface area (Å²) in [6, 6.07) is 0. The summed E-state index contributed by atoms with van der Waals surface area (Å²) in [6.07, 6.45) is 0. The molecule has 0 aliphatic heterocycles. The lowest BCUT2D eigenvalue weighted by Gasteiger charge is -2.15. The molecule has 3 nitrogen and oxygen atoms in total. The van der Waals surface area contributed by atoms with Crippen LogP contribution in [0, 0.1) is 0 Å². The Balaban J connectivity index is 3.58. The Hall–Kier alpha value is 2.59. The van der Waals surface area contributed by atoms with E-state index in [1.165, 1.54) is 0 Å². The highest BCUT2D eigenvalue weighted by Gasteiger charge is 2.32. The molecule has 72 valence electrons. The smallest absolute Gasteiger partial charge is 0.604 e. The van der Waals surface area contributed by atoms with E-state index in [1.54, 1.807) is 0 Å². The van der Waals surface area contributed by atoms with Crippen molar-refractivity contribution in [3.05, 3.63) is 0 Å². The van der Waals surface area contributed by atoms with Crippen molar-refractivity contribution in [2.45, 2.75) is 23.1 Å². The topological polar surface area (TPSA) is 27.7 Å². The van der Waals surface area contributed by atoms with Crippen LogP contribution in [0.15, 0.2) is 0 Å². The van der Waals surface area contributed by atoms with Crippen molar-refractivity contribution in [3.63, 3.8) is 0 Å². The first-order valence-corrected chi connectivity index (χ1v) is 15.1.